The maximum atomic E-state index is 11.9. The minimum Gasteiger partial charge on any atom is -0.350 e. The molecule has 0 fully saturated rings. The Bertz CT molecular complexity index is 412. The number of hydrogen-bond donors (Lipinski definition) is 2. The molecule has 1 heterocycles. The fourth-order valence-corrected chi connectivity index (χ4v) is 1.97. The molecular weight excluding hydrogens is 244 g/mol. The van der Waals surface area contributed by atoms with Crippen molar-refractivity contribution in [2.45, 2.75) is 20.4 Å². The Labute approximate surface area is 114 Å². The Balaban J connectivity index is 2.50. The lowest BCUT2D eigenvalue weighted by atomic mass is 9.93. The quantitative estimate of drug-likeness (QED) is 0.699. The predicted octanol–water partition coefficient (Wildman–Crippen LogP) is -0.446. The lowest BCUT2D eigenvalue weighted by Crippen LogP contribution is -2.40. The monoisotopic (exact) mass is 268 g/mol. The molecule has 1 rings (SSSR count). The minimum atomic E-state index is -0.199. The van der Waals surface area contributed by atoms with E-state index in [1.54, 1.807) is 10.9 Å². The Morgan fingerprint density at radius 3 is 2.79 bits per heavy atom. The molecule has 108 valence electrons. The molecular formula is C12H24N6O. The molecule has 0 saturated carbocycles. The smallest absolute Gasteiger partial charge is 0.273 e. The number of hydrogen-bond acceptors (Lipinski definition) is 5. The van der Waals surface area contributed by atoms with Gasteiger partial charge in [-0.05, 0) is 19.5 Å². The molecule has 19 heavy (non-hydrogen) atoms. The number of aromatic nitrogens is 3. The van der Waals surface area contributed by atoms with Crippen molar-refractivity contribution in [1.82, 2.24) is 25.2 Å². The zero-order valence-corrected chi connectivity index (χ0v) is 12.2. The lowest BCUT2D eigenvalue weighted by molar-refractivity contribution is 0.0924. The van der Waals surface area contributed by atoms with E-state index in [0.29, 0.717) is 25.3 Å². The van der Waals surface area contributed by atoms with Crippen molar-refractivity contribution in [3.8, 4) is 0 Å². The van der Waals surface area contributed by atoms with E-state index in [4.69, 9.17) is 5.73 Å². The molecule has 0 aliphatic carbocycles. The van der Waals surface area contributed by atoms with Gasteiger partial charge < -0.3 is 16.0 Å². The van der Waals surface area contributed by atoms with Crippen LogP contribution in [0.2, 0.25) is 0 Å². The summed E-state index contributed by atoms with van der Waals surface area (Å²) in [4.78, 5) is 14.0. The Hall–Kier alpha value is -1.47. The highest BCUT2D eigenvalue weighted by Gasteiger charge is 2.21. The SMILES string of the molecule is CN(C)CC(C)(C)CNC(=O)c1cn(CCN)nn1. The number of nitrogens with two attached hydrogens (primary N) is 1. The Morgan fingerprint density at radius 1 is 1.53 bits per heavy atom. The number of carbonyl (C=O) groups excluding carboxylic acids is 1. The van der Waals surface area contributed by atoms with Gasteiger partial charge in [0.2, 0.25) is 0 Å². The molecule has 0 spiro atoms. The molecule has 1 amide bonds. The first kappa shape index (κ1) is 15.6. The fraction of sp³-hybridized carbons (Fsp3) is 0.750. The zero-order chi connectivity index (χ0) is 14.5. The highest BCUT2D eigenvalue weighted by molar-refractivity contribution is 5.91. The predicted molar refractivity (Wildman–Crippen MR) is 73.7 cm³/mol. The van der Waals surface area contributed by atoms with Gasteiger partial charge in [0, 0.05) is 19.6 Å². The van der Waals surface area contributed by atoms with Crippen LogP contribution in [0.5, 0.6) is 0 Å². The molecule has 0 bridgehead atoms. The normalized spacial score (nSPS) is 11.9. The standard InChI is InChI=1S/C12H24N6O/c1-12(2,9-17(3)4)8-14-11(19)10-7-18(6-5-13)16-15-10/h7H,5-6,8-9,13H2,1-4H3,(H,14,19). The maximum absolute atomic E-state index is 11.9. The second-order valence-corrected chi connectivity index (χ2v) is 5.74. The van der Waals surface area contributed by atoms with Crippen LogP contribution < -0.4 is 11.1 Å². The summed E-state index contributed by atoms with van der Waals surface area (Å²) in [7, 11) is 4.03. The topological polar surface area (TPSA) is 89.1 Å². The van der Waals surface area contributed by atoms with Crippen molar-refractivity contribution < 1.29 is 4.79 Å². The van der Waals surface area contributed by atoms with Gasteiger partial charge in [0.25, 0.3) is 5.91 Å². The molecule has 7 heteroatoms. The van der Waals surface area contributed by atoms with E-state index in [1.165, 1.54) is 0 Å². The minimum absolute atomic E-state index is 0.00636. The van der Waals surface area contributed by atoms with Crippen molar-refractivity contribution in [3.63, 3.8) is 0 Å². The van der Waals surface area contributed by atoms with Crippen LogP contribution in [0.3, 0.4) is 0 Å². The van der Waals surface area contributed by atoms with Crippen LogP contribution >= 0.6 is 0 Å². The number of carbonyl (C=O) groups is 1. The number of nitrogens with zero attached hydrogens (tertiary/aromatic N) is 4. The van der Waals surface area contributed by atoms with Crippen molar-refractivity contribution in [3.05, 3.63) is 11.9 Å². The molecule has 0 unspecified atom stereocenters. The molecule has 1 aromatic heterocycles. The molecule has 0 saturated heterocycles. The summed E-state index contributed by atoms with van der Waals surface area (Å²) in [5.74, 6) is -0.199. The average molecular weight is 268 g/mol. The van der Waals surface area contributed by atoms with Crippen LogP contribution in [-0.2, 0) is 6.54 Å². The van der Waals surface area contributed by atoms with Crippen LogP contribution in [0.25, 0.3) is 0 Å². The molecule has 0 aliphatic rings. The largest absolute Gasteiger partial charge is 0.350 e. The summed E-state index contributed by atoms with van der Waals surface area (Å²) in [6.45, 7) is 6.74. The van der Waals surface area contributed by atoms with Gasteiger partial charge in [-0.15, -0.1) is 5.10 Å². The van der Waals surface area contributed by atoms with E-state index < -0.39 is 0 Å². The van der Waals surface area contributed by atoms with Crippen LogP contribution in [0, 0.1) is 5.41 Å². The van der Waals surface area contributed by atoms with Crippen molar-refractivity contribution in [2.75, 3.05) is 33.7 Å². The summed E-state index contributed by atoms with van der Waals surface area (Å²) in [5, 5.41) is 10.6. The van der Waals surface area contributed by atoms with Gasteiger partial charge in [-0.2, -0.15) is 0 Å². The summed E-state index contributed by atoms with van der Waals surface area (Å²) < 4.78 is 1.57. The fourth-order valence-electron chi connectivity index (χ4n) is 1.97. The van der Waals surface area contributed by atoms with Crippen molar-refractivity contribution >= 4 is 5.91 Å². The molecule has 0 aliphatic heterocycles. The van der Waals surface area contributed by atoms with Gasteiger partial charge in [-0.25, -0.2) is 0 Å². The summed E-state index contributed by atoms with van der Waals surface area (Å²) >= 11 is 0. The maximum Gasteiger partial charge on any atom is 0.273 e. The second kappa shape index (κ2) is 6.63. The number of nitrogens with one attached hydrogen (secondary N) is 1. The van der Waals surface area contributed by atoms with Crippen molar-refractivity contribution in [1.29, 1.82) is 0 Å². The summed E-state index contributed by atoms with van der Waals surface area (Å²) in [6, 6.07) is 0. The molecule has 7 nitrogen and oxygen atoms in total. The summed E-state index contributed by atoms with van der Waals surface area (Å²) in [6.07, 6.45) is 1.61. The first-order valence-electron chi connectivity index (χ1n) is 6.37. The summed E-state index contributed by atoms with van der Waals surface area (Å²) in [5.41, 5.74) is 5.75. The Kier molecular flexibility index (Phi) is 5.44. The molecule has 1 aromatic rings. The van der Waals surface area contributed by atoms with Crippen LogP contribution in [-0.4, -0.2) is 59.5 Å². The van der Waals surface area contributed by atoms with Gasteiger partial charge >= 0.3 is 0 Å². The number of amides is 1. The molecule has 0 atom stereocenters. The van der Waals surface area contributed by atoms with E-state index in [9.17, 15) is 4.79 Å². The third-order valence-corrected chi connectivity index (χ3v) is 2.60. The van der Waals surface area contributed by atoms with Gasteiger partial charge in [-0.3, -0.25) is 9.48 Å². The third-order valence-electron chi connectivity index (χ3n) is 2.60. The van der Waals surface area contributed by atoms with Gasteiger partial charge in [0.05, 0.1) is 12.7 Å². The second-order valence-electron chi connectivity index (χ2n) is 5.74. The van der Waals surface area contributed by atoms with Crippen LogP contribution in [0.4, 0.5) is 0 Å². The van der Waals surface area contributed by atoms with E-state index in [2.05, 4.69) is 34.4 Å². The Morgan fingerprint density at radius 2 is 2.21 bits per heavy atom. The van der Waals surface area contributed by atoms with Crippen LogP contribution in [0.15, 0.2) is 6.20 Å². The van der Waals surface area contributed by atoms with E-state index >= 15 is 0 Å². The lowest BCUT2D eigenvalue weighted by Gasteiger charge is -2.28. The van der Waals surface area contributed by atoms with E-state index in [1.807, 2.05) is 14.1 Å². The molecule has 3 N–H and O–H groups in total. The van der Waals surface area contributed by atoms with Gasteiger partial charge in [0.1, 0.15) is 0 Å². The van der Waals surface area contributed by atoms with E-state index in [0.717, 1.165) is 6.54 Å². The number of rotatable bonds is 7. The van der Waals surface area contributed by atoms with Crippen molar-refractivity contribution in [2.24, 2.45) is 11.1 Å². The molecule has 0 radical (unpaired) electrons. The zero-order valence-electron chi connectivity index (χ0n) is 12.2. The first-order chi connectivity index (χ1) is 8.84. The molecule has 0 aromatic carbocycles. The van der Waals surface area contributed by atoms with Gasteiger partial charge in [-0.1, -0.05) is 19.1 Å². The highest BCUT2D eigenvalue weighted by atomic mass is 16.2. The van der Waals surface area contributed by atoms with Crippen LogP contribution in [0.1, 0.15) is 24.3 Å². The average Bonchev–Trinajstić information content (AvgIpc) is 2.73. The highest BCUT2D eigenvalue weighted by Crippen LogP contribution is 2.14. The van der Waals surface area contributed by atoms with Gasteiger partial charge in [0.15, 0.2) is 5.69 Å². The first-order valence-corrected chi connectivity index (χ1v) is 6.37. The third kappa shape index (κ3) is 5.35. The van der Waals surface area contributed by atoms with E-state index in [-0.39, 0.29) is 11.3 Å².